The van der Waals surface area contributed by atoms with Crippen LogP contribution < -0.4 is 10.8 Å². The zero-order chi connectivity index (χ0) is 20.3. The molecule has 8 nitrogen and oxygen atoms in total. The molecular formula is C19H22BN3O5. The molecule has 1 unspecified atom stereocenters. The van der Waals surface area contributed by atoms with Crippen molar-refractivity contribution in [2.24, 2.45) is 5.92 Å². The van der Waals surface area contributed by atoms with Crippen LogP contribution in [0.15, 0.2) is 30.7 Å². The first-order valence-electron chi connectivity index (χ1n) is 9.03. The highest BCUT2D eigenvalue weighted by Crippen LogP contribution is 2.17. The summed E-state index contributed by atoms with van der Waals surface area (Å²) in [6, 6.07) is 4.26. The normalized spacial score (nSPS) is 14.0. The van der Waals surface area contributed by atoms with E-state index >= 15 is 0 Å². The maximum Gasteiger partial charge on any atom is 0.492 e. The number of amides is 1. The van der Waals surface area contributed by atoms with Gasteiger partial charge in [0.1, 0.15) is 19.0 Å². The van der Waals surface area contributed by atoms with Crippen molar-refractivity contribution < 1.29 is 24.0 Å². The zero-order valence-corrected chi connectivity index (χ0v) is 16.0. The van der Waals surface area contributed by atoms with Crippen LogP contribution in [0, 0.1) is 12.8 Å². The van der Waals surface area contributed by atoms with E-state index in [4.69, 9.17) is 9.39 Å². The van der Waals surface area contributed by atoms with Gasteiger partial charge in [-0.05, 0) is 41.6 Å². The molecule has 0 bridgehead atoms. The molecule has 0 aliphatic carbocycles. The zero-order valence-electron chi connectivity index (χ0n) is 16.0. The van der Waals surface area contributed by atoms with Crippen molar-refractivity contribution in [3.05, 3.63) is 53.1 Å². The van der Waals surface area contributed by atoms with Crippen LogP contribution in [0.1, 0.15) is 41.0 Å². The van der Waals surface area contributed by atoms with Gasteiger partial charge in [-0.25, -0.2) is 14.8 Å². The first-order valence-corrected chi connectivity index (χ1v) is 9.03. The summed E-state index contributed by atoms with van der Waals surface area (Å²) in [6.07, 6.45) is 2.94. The number of nitrogens with one attached hydrogen (secondary N) is 1. The number of carbonyl (C=O) groups excluding carboxylic acids is 2. The van der Waals surface area contributed by atoms with Crippen molar-refractivity contribution in [1.82, 2.24) is 15.3 Å². The number of esters is 1. The molecule has 1 aromatic carbocycles. The maximum atomic E-state index is 12.8. The third-order valence-corrected chi connectivity index (χ3v) is 4.71. The summed E-state index contributed by atoms with van der Waals surface area (Å²) in [7, 11) is -1.04. The molecule has 1 amide bonds. The summed E-state index contributed by atoms with van der Waals surface area (Å²) in [4.78, 5) is 33.1. The number of hydrogen-bond donors (Lipinski definition) is 2. The van der Waals surface area contributed by atoms with E-state index in [9.17, 15) is 14.6 Å². The molecule has 0 fully saturated rings. The Kier molecular flexibility index (Phi) is 6.06. The second kappa shape index (κ2) is 8.49. The standard InChI is InChI=1S/C19H22BN3O5/c1-11(2)17(19(25)27-9-14-6-7-21-10-22-14)23-18(24)15-5-4-13-8-28-20(26)16(13)12(15)3/h4-7,10-11,17,26H,8-9H2,1-3H3,(H,23,24). The minimum Gasteiger partial charge on any atom is -0.458 e. The first kappa shape index (κ1) is 20.0. The number of nitrogens with zero attached hydrogens (tertiary/aromatic N) is 2. The molecule has 28 heavy (non-hydrogen) atoms. The van der Waals surface area contributed by atoms with Crippen molar-refractivity contribution >= 4 is 24.5 Å². The Labute approximate surface area is 163 Å². The quantitative estimate of drug-likeness (QED) is 0.552. The summed E-state index contributed by atoms with van der Waals surface area (Å²) in [5.41, 5.74) is 3.06. The average molecular weight is 383 g/mol. The van der Waals surface area contributed by atoms with E-state index in [0.29, 0.717) is 28.9 Å². The van der Waals surface area contributed by atoms with E-state index < -0.39 is 25.0 Å². The summed E-state index contributed by atoms with van der Waals surface area (Å²) in [6.45, 7) is 5.71. The topological polar surface area (TPSA) is 111 Å². The fourth-order valence-corrected chi connectivity index (χ4v) is 3.11. The number of hydrogen-bond acceptors (Lipinski definition) is 7. The van der Waals surface area contributed by atoms with Crippen molar-refractivity contribution in [3.63, 3.8) is 0 Å². The average Bonchev–Trinajstić information content (AvgIpc) is 3.06. The predicted molar refractivity (Wildman–Crippen MR) is 101 cm³/mol. The van der Waals surface area contributed by atoms with Gasteiger partial charge in [-0.1, -0.05) is 19.9 Å². The van der Waals surface area contributed by atoms with E-state index in [1.807, 2.05) is 13.8 Å². The van der Waals surface area contributed by atoms with E-state index in [-0.39, 0.29) is 12.5 Å². The molecule has 2 aromatic rings. The lowest BCUT2D eigenvalue weighted by atomic mass is 9.75. The minimum atomic E-state index is -1.04. The lowest BCUT2D eigenvalue weighted by Crippen LogP contribution is -2.46. The first-order chi connectivity index (χ1) is 13.4. The van der Waals surface area contributed by atoms with Gasteiger partial charge in [0.05, 0.1) is 12.3 Å². The molecule has 0 radical (unpaired) electrons. The summed E-state index contributed by atoms with van der Waals surface area (Å²) in [5, 5.41) is 12.7. The second-order valence-electron chi connectivity index (χ2n) is 6.98. The highest BCUT2D eigenvalue weighted by molar-refractivity contribution is 6.62. The molecule has 3 rings (SSSR count). The molecule has 0 spiro atoms. The molecule has 2 heterocycles. The summed E-state index contributed by atoms with van der Waals surface area (Å²) in [5.74, 6) is -1.12. The molecule has 1 aliphatic heterocycles. The van der Waals surface area contributed by atoms with Crippen LogP contribution in [0.5, 0.6) is 0 Å². The molecule has 0 saturated heterocycles. The van der Waals surface area contributed by atoms with Crippen LogP contribution in [0.3, 0.4) is 0 Å². The molecule has 1 aromatic heterocycles. The highest BCUT2D eigenvalue weighted by Gasteiger charge is 2.32. The molecule has 146 valence electrons. The van der Waals surface area contributed by atoms with Gasteiger partial charge in [0.25, 0.3) is 5.91 Å². The Hall–Kier alpha value is -2.78. The van der Waals surface area contributed by atoms with E-state index in [0.717, 1.165) is 5.56 Å². The Bertz CT molecular complexity index is 875. The van der Waals surface area contributed by atoms with Crippen LogP contribution >= 0.6 is 0 Å². The fraction of sp³-hybridized carbons (Fsp3) is 0.368. The molecule has 1 aliphatic rings. The van der Waals surface area contributed by atoms with Crippen LogP contribution in [0.2, 0.25) is 0 Å². The summed E-state index contributed by atoms with van der Waals surface area (Å²) >= 11 is 0. The van der Waals surface area contributed by atoms with Crippen molar-refractivity contribution in [3.8, 4) is 0 Å². The minimum absolute atomic E-state index is 0.00183. The molecular weight excluding hydrogens is 361 g/mol. The third kappa shape index (κ3) is 4.21. The van der Waals surface area contributed by atoms with Crippen LogP contribution in [-0.2, 0) is 27.4 Å². The molecule has 0 saturated carbocycles. The molecule has 9 heteroatoms. The van der Waals surface area contributed by atoms with Crippen molar-refractivity contribution in [2.75, 3.05) is 0 Å². The highest BCUT2D eigenvalue weighted by atomic mass is 16.5. The number of aromatic nitrogens is 2. The van der Waals surface area contributed by atoms with Crippen molar-refractivity contribution in [1.29, 1.82) is 0 Å². The fourth-order valence-electron chi connectivity index (χ4n) is 3.11. The van der Waals surface area contributed by atoms with E-state index in [1.54, 1.807) is 31.3 Å². The Balaban J connectivity index is 1.71. The number of fused-ring (bicyclic) bond motifs is 1. The number of ether oxygens (including phenoxy) is 1. The lowest BCUT2D eigenvalue weighted by Gasteiger charge is -2.21. The van der Waals surface area contributed by atoms with Crippen LogP contribution in [0.25, 0.3) is 0 Å². The van der Waals surface area contributed by atoms with Gasteiger partial charge in [-0.2, -0.15) is 0 Å². The van der Waals surface area contributed by atoms with Gasteiger partial charge < -0.3 is 19.7 Å². The second-order valence-corrected chi connectivity index (χ2v) is 6.98. The molecule has 1 atom stereocenters. The smallest absolute Gasteiger partial charge is 0.458 e. The third-order valence-electron chi connectivity index (χ3n) is 4.71. The van der Waals surface area contributed by atoms with Gasteiger partial charge in [0.2, 0.25) is 0 Å². The number of benzene rings is 1. The lowest BCUT2D eigenvalue weighted by molar-refractivity contribution is -0.148. The van der Waals surface area contributed by atoms with Crippen LogP contribution in [-0.4, -0.2) is 40.0 Å². The van der Waals surface area contributed by atoms with Gasteiger partial charge in [-0.3, -0.25) is 4.79 Å². The van der Waals surface area contributed by atoms with Gasteiger partial charge >= 0.3 is 13.1 Å². The Morgan fingerprint density at radius 3 is 2.82 bits per heavy atom. The SMILES string of the molecule is Cc1c(C(=O)NC(C(=O)OCc2ccncn2)C(C)C)ccc2c1B(O)OC2. The number of rotatable bonds is 6. The van der Waals surface area contributed by atoms with Gasteiger partial charge in [0.15, 0.2) is 0 Å². The monoisotopic (exact) mass is 383 g/mol. The largest absolute Gasteiger partial charge is 0.492 e. The van der Waals surface area contributed by atoms with E-state index in [1.165, 1.54) is 6.33 Å². The summed E-state index contributed by atoms with van der Waals surface area (Å²) < 4.78 is 10.5. The maximum absolute atomic E-state index is 12.8. The predicted octanol–water partition coefficient (Wildman–Crippen LogP) is 0.501. The van der Waals surface area contributed by atoms with E-state index in [2.05, 4.69) is 15.3 Å². The Morgan fingerprint density at radius 2 is 2.14 bits per heavy atom. The number of carbonyl (C=O) groups is 2. The Morgan fingerprint density at radius 1 is 1.36 bits per heavy atom. The van der Waals surface area contributed by atoms with Gasteiger partial charge in [0, 0.05) is 11.8 Å². The van der Waals surface area contributed by atoms with Crippen molar-refractivity contribution in [2.45, 2.75) is 40.0 Å². The molecule has 2 N–H and O–H groups in total. The van der Waals surface area contributed by atoms with Crippen LogP contribution in [0.4, 0.5) is 0 Å². The van der Waals surface area contributed by atoms with Gasteiger partial charge in [-0.15, -0.1) is 0 Å².